The number of benzene rings is 2. The SMILES string of the molecule is O=C(O)CCc1ccc(S(=O)(=O)Nc2ccc(=O)n(Cc3cccc(Cl)c3)c2)cc1. The average Bonchev–Trinajstić information content (AvgIpc) is 2.69. The fourth-order valence-electron chi connectivity index (χ4n) is 2.85. The van der Waals surface area contributed by atoms with Gasteiger partial charge in [-0.2, -0.15) is 0 Å². The van der Waals surface area contributed by atoms with Crippen LogP contribution in [0.5, 0.6) is 0 Å². The van der Waals surface area contributed by atoms with Crippen molar-refractivity contribution in [3.8, 4) is 0 Å². The second-order valence-corrected chi connectivity index (χ2v) is 8.78. The highest BCUT2D eigenvalue weighted by atomic mass is 35.5. The van der Waals surface area contributed by atoms with E-state index in [0.29, 0.717) is 11.4 Å². The molecule has 0 unspecified atom stereocenters. The molecule has 0 saturated carbocycles. The summed E-state index contributed by atoms with van der Waals surface area (Å²) in [5, 5.41) is 9.28. The molecular formula is C21H19ClN2O5S. The largest absolute Gasteiger partial charge is 0.481 e. The Balaban J connectivity index is 1.78. The summed E-state index contributed by atoms with van der Waals surface area (Å²) >= 11 is 5.98. The second kappa shape index (κ2) is 9.15. The molecule has 9 heteroatoms. The number of rotatable bonds is 8. The molecule has 0 saturated heterocycles. The molecule has 156 valence electrons. The number of nitrogens with zero attached hydrogens (tertiary/aromatic N) is 1. The zero-order chi connectivity index (χ0) is 21.7. The van der Waals surface area contributed by atoms with Crippen molar-refractivity contribution >= 4 is 33.3 Å². The van der Waals surface area contributed by atoms with Gasteiger partial charge in [-0.05, 0) is 47.9 Å². The highest BCUT2D eigenvalue weighted by Crippen LogP contribution is 2.17. The van der Waals surface area contributed by atoms with E-state index in [1.807, 2.05) is 6.07 Å². The Morgan fingerprint density at radius 2 is 1.77 bits per heavy atom. The summed E-state index contributed by atoms with van der Waals surface area (Å²) in [6, 6.07) is 15.7. The number of aromatic nitrogens is 1. The summed E-state index contributed by atoms with van der Waals surface area (Å²) in [5.41, 5.74) is 1.50. The van der Waals surface area contributed by atoms with Gasteiger partial charge >= 0.3 is 5.97 Å². The van der Waals surface area contributed by atoms with Crippen LogP contribution in [0.4, 0.5) is 5.69 Å². The summed E-state index contributed by atoms with van der Waals surface area (Å²) in [7, 11) is -3.87. The van der Waals surface area contributed by atoms with Gasteiger partial charge in [-0.1, -0.05) is 35.9 Å². The van der Waals surface area contributed by atoms with Crippen molar-refractivity contribution in [2.45, 2.75) is 24.3 Å². The number of halogens is 1. The van der Waals surface area contributed by atoms with Gasteiger partial charge in [-0.3, -0.25) is 14.3 Å². The van der Waals surface area contributed by atoms with E-state index in [1.165, 1.54) is 35.0 Å². The van der Waals surface area contributed by atoms with Gasteiger partial charge in [0.2, 0.25) is 0 Å². The van der Waals surface area contributed by atoms with Crippen LogP contribution < -0.4 is 10.3 Å². The van der Waals surface area contributed by atoms with Gasteiger partial charge in [-0.15, -0.1) is 0 Å². The van der Waals surface area contributed by atoms with E-state index in [1.54, 1.807) is 30.3 Å². The average molecular weight is 447 g/mol. The number of hydrogen-bond acceptors (Lipinski definition) is 4. The number of aryl methyl sites for hydroxylation is 1. The molecule has 0 aliphatic carbocycles. The lowest BCUT2D eigenvalue weighted by Crippen LogP contribution is -2.21. The Morgan fingerprint density at radius 1 is 1.03 bits per heavy atom. The zero-order valence-corrected chi connectivity index (χ0v) is 17.4. The summed E-state index contributed by atoms with van der Waals surface area (Å²) in [6.45, 7) is 0.243. The Bertz CT molecular complexity index is 1220. The minimum atomic E-state index is -3.87. The number of anilines is 1. The van der Waals surface area contributed by atoms with E-state index >= 15 is 0 Å². The fraction of sp³-hybridized carbons (Fsp3) is 0.143. The molecule has 1 heterocycles. The lowest BCUT2D eigenvalue weighted by molar-refractivity contribution is -0.136. The maximum Gasteiger partial charge on any atom is 0.303 e. The molecule has 0 spiro atoms. The Kier molecular flexibility index (Phi) is 6.59. The molecule has 2 aromatic carbocycles. The molecule has 2 N–H and O–H groups in total. The number of sulfonamides is 1. The van der Waals surface area contributed by atoms with E-state index in [4.69, 9.17) is 16.7 Å². The van der Waals surface area contributed by atoms with Crippen molar-refractivity contribution in [3.63, 3.8) is 0 Å². The third-order valence-corrected chi connectivity index (χ3v) is 5.97. The number of carboxylic acid groups (broad SMARTS) is 1. The molecule has 0 aliphatic rings. The van der Waals surface area contributed by atoms with Gasteiger partial charge in [0, 0.05) is 23.7 Å². The lowest BCUT2D eigenvalue weighted by Gasteiger charge is -2.12. The molecule has 0 bridgehead atoms. The van der Waals surface area contributed by atoms with Crippen LogP contribution in [0.2, 0.25) is 5.02 Å². The van der Waals surface area contributed by atoms with Gasteiger partial charge in [-0.25, -0.2) is 8.42 Å². The predicted molar refractivity (Wildman–Crippen MR) is 114 cm³/mol. The first-order chi connectivity index (χ1) is 14.2. The number of carboxylic acids is 1. The first kappa shape index (κ1) is 21.6. The monoisotopic (exact) mass is 446 g/mol. The molecule has 0 atom stereocenters. The maximum atomic E-state index is 12.7. The third kappa shape index (κ3) is 5.71. The van der Waals surface area contributed by atoms with Crippen molar-refractivity contribution in [1.82, 2.24) is 4.57 Å². The topological polar surface area (TPSA) is 105 Å². The molecule has 0 radical (unpaired) electrons. The molecule has 3 rings (SSSR count). The smallest absolute Gasteiger partial charge is 0.303 e. The standard InChI is InChI=1S/C21H19ClN2O5S/c22-17-3-1-2-16(12-17)13-24-14-18(7-10-20(24)25)23-30(28,29)19-8-4-15(5-9-19)6-11-21(26)27/h1-5,7-10,12,14,23H,6,11,13H2,(H,26,27). The van der Waals surface area contributed by atoms with Crippen LogP contribution in [0.1, 0.15) is 17.5 Å². The van der Waals surface area contributed by atoms with Gasteiger partial charge in [0.25, 0.3) is 15.6 Å². The fourth-order valence-corrected chi connectivity index (χ4v) is 4.10. The molecule has 0 amide bonds. The van der Waals surface area contributed by atoms with Gasteiger partial charge < -0.3 is 9.67 Å². The Hall–Kier alpha value is -3.10. The van der Waals surface area contributed by atoms with E-state index in [2.05, 4.69) is 4.72 Å². The first-order valence-electron chi connectivity index (χ1n) is 9.01. The van der Waals surface area contributed by atoms with Gasteiger partial charge in [0.05, 0.1) is 17.1 Å². The number of aliphatic carboxylic acids is 1. The summed E-state index contributed by atoms with van der Waals surface area (Å²) < 4.78 is 29.2. The summed E-state index contributed by atoms with van der Waals surface area (Å²) in [4.78, 5) is 22.8. The lowest BCUT2D eigenvalue weighted by atomic mass is 10.1. The minimum Gasteiger partial charge on any atom is -0.481 e. The van der Waals surface area contributed by atoms with Crippen molar-refractivity contribution in [2.75, 3.05) is 4.72 Å². The highest BCUT2D eigenvalue weighted by Gasteiger charge is 2.15. The van der Waals surface area contributed by atoms with Gasteiger partial charge in [0.1, 0.15) is 0 Å². The summed E-state index contributed by atoms with van der Waals surface area (Å²) in [5.74, 6) is -0.915. The van der Waals surface area contributed by atoms with E-state index in [0.717, 1.165) is 11.1 Å². The molecular weight excluding hydrogens is 428 g/mol. The van der Waals surface area contributed by atoms with Crippen LogP contribution in [0, 0.1) is 0 Å². The zero-order valence-electron chi connectivity index (χ0n) is 15.8. The normalized spacial score (nSPS) is 11.2. The maximum absolute atomic E-state index is 12.7. The quantitative estimate of drug-likeness (QED) is 0.552. The Labute approximate surface area is 178 Å². The van der Waals surface area contributed by atoms with E-state index < -0.39 is 16.0 Å². The van der Waals surface area contributed by atoms with Crippen molar-refractivity contribution < 1.29 is 18.3 Å². The number of hydrogen-bond donors (Lipinski definition) is 2. The number of carbonyl (C=O) groups is 1. The molecule has 0 fully saturated rings. The van der Waals surface area contributed by atoms with Crippen LogP contribution in [0.25, 0.3) is 0 Å². The predicted octanol–water partition coefficient (Wildman–Crippen LogP) is 3.37. The van der Waals surface area contributed by atoms with Crippen molar-refractivity contribution in [2.24, 2.45) is 0 Å². The van der Waals surface area contributed by atoms with Crippen LogP contribution >= 0.6 is 11.6 Å². The minimum absolute atomic E-state index is 0.0292. The van der Waals surface area contributed by atoms with Crippen LogP contribution in [-0.4, -0.2) is 24.1 Å². The van der Waals surface area contributed by atoms with E-state index in [-0.39, 0.29) is 29.1 Å². The Morgan fingerprint density at radius 3 is 2.43 bits per heavy atom. The van der Waals surface area contributed by atoms with Gasteiger partial charge in [0.15, 0.2) is 0 Å². The number of nitrogens with one attached hydrogen (secondary N) is 1. The van der Waals surface area contributed by atoms with Crippen LogP contribution in [0.15, 0.2) is 76.6 Å². The molecule has 1 aromatic heterocycles. The molecule has 3 aromatic rings. The van der Waals surface area contributed by atoms with Crippen molar-refractivity contribution in [1.29, 1.82) is 0 Å². The van der Waals surface area contributed by atoms with Crippen molar-refractivity contribution in [3.05, 3.63) is 93.4 Å². The number of pyridine rings is 1. The van der Waals surface area contributed by atoms with Crippen LogP contribution in [0.3, 0.4) is 0 Å². The molecule has 7 nitrogen and oxygen atoms in total. The second-order valence-electron chi connectivity index (χ2n) is 6.66. The van der Waals surface area contributed by atoms with Crippen LogP contribution in [-0.2, 0) is 27.8 Å². The molecule has 30 heavy (non-hydrogen) atoms. The van der Waals surface area contributed by atoms with E-state index in [9.17, 15) is 18.0 Å². The summed E-state index contributed by atoms with van der Waals surface area (Å²) in [6.07, 6.45) is 1.72. The first-order valence-corrected chi connectivity index (χ1v) is 10.9. The molecule has 0 aliphatic heterocycles. The third-order valence-electron chi connectivity index (χ3n) is 4.34. The highest BCUT2D eigenvalue weighted by molar-refractivity contribution is 7.92.